The highest BCUT2D eigenvalue weighted by Gasteiger charge is 2.55. The van der Waals surface area contributed by atoms with Crippen LogP contribution in [0.4, 0.5) is 10.5 Å². The summed E-state index contributed by atoms with van der Waals surface area (Å²) in [6.07, 6.45) is 1.19. The maximum absolute atomic E-state index is 12.8. The van der Waals surface area contributed by atoms with Gasteiger partial charge in [-0.3, -0.25) is 9.59 Å². The molecular formula is C24H32ClN3O7. The van der Waals surface area contributed by atoms with Crippen molar-refractivity contribution in [3.8, 4) is 11.5 Å². The van der Waals surface area contributed by atoms with Gasteiger partial charge in [-0.15, -0.1) is 0 Å². The number of benzene rings is 1. The highest BCUT2D eigenvalue weighted by atomic mass is 35.5. The fraction of sp³-hybridized carbons (Fsp3) is 0.625. The monoisotopic (exact) mass is 509 g/mol. The number of hydrogen-bond acceptors (Lipinski definition) is 7. The Labute approximate surface area is 209 Å². The molecule has 1 aromatic carbocycles. The second-order valence-corrected chi connectivity index (χ2v) is 11.1. The zero-order valence-electron chi connectivity index (χ0n) is 20.4. The minimum atomic E-state index is -0.819. The van der Waals surface area contributed by atoms with Crippen molar-refractivity contribution >= 4 is 35.2 Å². The summed E-state index contributed by atoms with van der Waals surface area (Å²) in [7, 11) is 1.62. The molecule has 35 heavy (non-hydrogen) atoms. The lowest BCUT2D eigenvalue weighted by atomic mass is 9.60. The minimum absolute atomic E-state index is 0.131. The number of hydrogen-bond donors (Lipinski definition) is 3. The Morgan fingerprint density at radius 3 is 2.54 bits per heavy atom. The molecule has 3 fully saturated rings. The van der Waals surface area contributed by atoms with Crippen LogP contribution < -0.4 is 25.0 Å². The van der Waals surface area contributed by atoms with Gasteiger partial charge in [-0.25, -0.2) is 4.79 Å². The number of anilines is 1. The van der Waals surface area contributed by atoms with Gasteiger partial charge in [0.2, 0.25) is 0 Å². The average Bonchev–Trinajstić information content (AvgIpc) is 2.75. The Balaban J connectivity index is 1.36. The van der Waals surface area contributed by atoms with E-state index >= 15 is 0 Å². The normalized spacial score (nSPS) is 27.5. The molecule has 11 heteroatoms. The second-order valence-electron chi connectivity index (χ2n) is 10.6. The Kier molecular flexibility index (Phi) is 6.56. The van der Waals surface area contributed by atoms with E-state index in [1.807, 2.05) is 0 Å². The molecular weight excluding hydrogens is 478 g/mol. The van der Waals surface area contributed by atoms with E-state index in [0.717, 1.165) is 0 Å². The summed E-state index contributed by atoms with van der Waals surface area (Å²) in [6, 6.07) is 3.14. The first-order chi connectivity index (χ1) is 16.3. The maximum Gasteiger partial charge on any atom is 0.408 e. The predicted octanol–water partition coefficient (Wildman–Crippen LogP) is 2.53. The van der Waals surface area contributed by atoms with Gasteiger partial charge in [0.25, 0.3) is 11.8 Å². The molecule has 0 spiro atoms. The fourth-order valence-corrected chi connectivity index (χ4v) is 5.27. The molecule has 3 saturated carbocycles. The number of amides is 3. The number of alkyl carbamates (subject to hydrolysis) is 1. The van der Waals surface area contributed by atoms with Gasteiger partial charge in [0.15, 0.2) is 24.7 Å². The van der Waals surface area contributed by atoms with E-state index < -0.39 is 28.9 Å². The van der Waals surface area contributed by atoms with Gasteiger partial charge in [-0.05, 0) is 58.9 Å². The smallest absolute Gasteiger partial charge is 0.408 e. The molecule has 10 nitrogen and oxygen atoms in total. The molecule has 2 bridgehead atoms. The fourth-order valence-electron chi connectivity index (χ4n) is 5.07. The summed E-state index contributed by atoms with van der Waals surface area (Å²) in [6.45, 7) is 4.94. The van der Waals surface area contributed by atoms with E-state index in [9.17, 15) is 19.5 Å². The van der Waals surface area contributed by atoms with Crippen LogP contribution in [-0.4, -0.2) is 66.1 Å². The van der Waals surface area contributed by atoms with Crippen molar-refractivity contribution in [3.63, 3.8) is 0 Å². The Morgan fingerprint density at radius 1 is 1.23 bits per heavy atom. The lowest BCUT2D eigenvalue weighted by Gasteiger charge is -2.56. The second kappa shape index (κ2) is 9.05. The van der Waals surface area contributed by atoms with E-state index in [0.29, 0.717) is 48.6 Å². The van der Waals surface area contributed by atoms with Crippen LogP contribution in [0.15, 0.2) is 12.1 Å². The first-order valence-corrected chi connectivity index (χ1v) is 12.1. The predicted molar refractivity (Wildman–Crippen MR) is 128 cm³/mol. The third-order valence-electron chi connectivity index (χ3n) is 6.91. The summed E-state index contributed by atoms with van der Waals surface area (Å²) in [5, 5.41) is 17.1. The van der Waals surface area contributed by atoms with Crippen molar-refractivity contribution in [2.24, 2.45) is 0 Å². The molecule has 0 radical (unpaired) electrons. The Morgan fingerprint density at radius 2 is 1.91 bits per heavy atom. The standard InChI is InChI=1S/C24H32ClN3O7/c1-22(2,3)35-21(32)27-24-7-5-23(6-8-24,11-17(24)29)26-18(30)12-33-16-10-14(25)9-15-20(16)34-13-19(31)28(15)4/h9-10,17,29H,5-8,11-13H2,1-4H3,(H,26,30)(H,27,32)/t17-,23?,24?/m1/s1. The molecule has 1 heterocycles. The molecule has 1 aromatic rings. The minimum Gasteiger partial charge on any atom is -0.480 e. The Bertz CT molecular complexity index is 1030. The Hall–Kier alpha value is -2.72. The summed E-state index contributed by atoms with van der Waals surface area (Å²) in [5.74, 6) is 0.0623. The molecule has 3 amide bonds. The highest BCUT2D eigenvalue weighted by Crippen LogP contribution is 2.47. The molecule has 5 rings (SSSR count). The molecule has 192 valence electrons. The van der Waals surface area contributed by atoms with Gasteiger partial charge >= 0.3 is 6.09 Å². The number of fused-ring (bicyclic) bond motifs is 4. The van der Waals surface area contributed by atoms with E-state index in [1.165, 1.54) is 11.0 Å². The van der Waals surface area contributed by atoms with Gasteiger partial charge in [-0.2, -0.15) is 0 Å². The van der Waals surface area contributed by atoms with Crippen LogP contribution in [-0.2, 0) is 14.3 Å². The van der Waals surface area contributed by atoms with Gasteiger partial charge < -0.3 is 34.9 Å². The van der Waals surface area contributed by atoms with Crippen LogP contribution in [0.3, 0.4) is 0 Å². The quantitative estimate of drug-likeness (QED) is 0.556. The topological polar surface area (TPSA) is 126 Å². The number of rotatable bonds is 5. The number of carbonyl (C=O) groups is 3. The number of nitrogens with one attached hydrogen (secondary N) is 2. The number of ether oxygens (including phenoxy) is 3. The molecule has 3 N–H and O–H groups in total. The van der Waals surface area contributed by atoms with Crippen molar-refractivity contribution in [1.82, 2.24) is 10.6 Å². The third-order valence-corrected chi connectivity index (χ3v) is 7.13. The number of aliphatic hydroxyl groups is 1. The maximum atomic E-state index is 12.8. The van der Waals surface area contributed by atoms with Crippen molar-refractivity contribution in [3.05, 3.63) is 17.2 Å². The van der Waals surface area contributed by atoms with Crippen molar-refractivity contribution in [2.75, 3.05) is 25.2 Å². The summed E-state index contributed by atoms with van der Waals surface area (Å²) in [5.41, 5.74) is -1.50. The lowest BCUT2D eigenvalue weighted by molar-refractivity contribution is -0.130. The largest absolute Gasteiger partial charge is 0.480 e. The van der Waals surface area contributed by atoms with Crippen LogP contribution >= 0.6 is 11.6 Å². The van der Waals surface area contributed by atoms with Crippen molar-refractivity contribution in [2.45, 2.75) is 75.7 Å². The summed E-state index contributed by atoms with van der Waals surface area (Å²) in [4.78, 5) is 38.5. The number of aliphatic hydroxyl groups excluding tert-OH is 1. The van der Waals surface area contributed by atoms with Gasteiger partial charge in [0.1, 0.15) is 5.60 Å². The molecule has 1 aliphatic heterocycles. The van der Waals surface area contributed by atoms with Crippen LogP contribution in [0.2, 0.25) is 5.02 Å². The molecule has 0 saturated heterocycles. The van der Waals surface area contributed by atoms with E-state index in [2.05, 4.69) is 10.6 Å². The van der Waals surface area contributed by atoms with Crippen molar-refractivity contribution in [1.29, 1.82) is 0 Å². The van der Waals surface area contributed by atoms with Gasteiger partial charge in [0.05, 0.1) is 17.3 Å². The van der Waals surface area contributed by atoms with Gasteiger partial charge in [0, 0.05) is 23.7 Å². The number of halogens is 1. The summed E-state index contributed by atoms with van der Waals surface area (Å²) < 4.78 is 16.6. The lowest BCUT2D eigenvalue weighted by Crippen LogP contribution is -2.70. The van der Waals surface area contributed by atoms with E-state index in [-0.39, 0.29) is 30.8 Å². The molecule has 0 unspecified atom stereocenters. The molecule has 0 aromatic heterocycles. The van der Waals surface area contributed by atoms with Crippen LogP contribution in [0.25, 0.3) is 0 Å². The van der Waals surface area contributed by atoms with Crippen molar-refractivity contribution < 1.29 is 33.7 Å². The van der Waals surface area contributed by atoms with Crippen LogP contribution in [0.1, 0.15) is 52.9 Å². The third kappa shape index (κ3) is 5.28. The molecule has 1 atom stereocenters. The number of likely N-dealkylation sites (N-methyl/N-ethyl adjacent to an activating group) is 1. The summed E-state index contributed by atoms with van der Waals surface area (Å²) >= 11 is 6.18. The highest BCUT2D eigenvalue weighted by molar-refractivity contribution is 6.31. The SMILES string of the molecule is CN1C(=O)COc2c(OCC(=O)NC34CCC(NC(=O)OC(C)(C)C)(CC3)[C@H](O)C4)cc(Cl)cc21. The van der Waals surface area contributed by atoms with Gasteiger partial charge in [-0.1, -0.05) is 11.6 Å². The molecule has 3 aliphatic carbocycles. The zero-order valence-corrected chi connectivity index (χ0v) is 21.2. The number of nitrogens with zero attached hydrogens (tertiary/aromatic N) is 1. The first kappa shape index (κ1) is 25.4. The van der Waals surface area contributed by atoms with E-state index in [4.69, 9.17) is 25.8 Å². The molecule has 4 aliphatic rings. The first-order valence-electron chi connectivity index (χ1n) is 11.7. The van der Waals surface area contributed by atoms with Crippen LogP contribution in [0.5, 0.6) is 11.5 Å². The van der Waals surface area contributed by atoms with E-state index in [1.54, 1.807) is 33.9 Å². The average molecular weight is 510 g/mol. The number of carbonyl (C=O) groups excluding carboxylic acids is 3. The van der Waals surface area contributed by atoms with Crippen LogP contribution in [0, 0.1) is 0 Å². The zero-order chi connectivity index (χ0) is 25.6.